The first-order chi connectivity index (χ1) is 10.6. The summed E-state index contributed by atoms with van der Waals surface area (Å²) in [6, 6.07) is 7.69. The Labute approximate surface area is 134 Å². The zero-order chi connectivity index (χ0) is 15.6. The number of nitrogens with zero attached hydrogens (tertiary/aromatic N) is 1. The molecule has 3 rings (SSSR count). The summed E-state index contributed by atoms with van der Waals surface area (Å²) in [5, 5.41) is 10.5. The average molecular weight is 320 g/mol. The molecule has 2 heterocycles. The molecule has 0 bridgehead atoms. The summed E-state index contributed by atoms with van der Waals surface area (Å²) in [5.41, 5.74) is 2.08. The number of carbonyl (C=O) groups is 1. The van der Waals surface area contributed by atoms with Crippen LogP contribution in [0.4, 0.5) is 0 Å². The van der Waals surface area contributed by atoms with Crippen LogP contribution < -0.4 is 5.32 Å². The van der Waals surface area contributed by atoms with E-state index in [4.69, 9.17) is 16.3 Å². The Kier molecular flexibility index (Phi) is 4.18. The fourth-order valence-corrected chi connectivity index (χ4v) is 2.90. The molecule has 1 aliphatic heterocycles. The average Bonchev–Trinajstić information content (AvgIpc) is 3.11. The maximum atomic E-state index is 12.5. The van der Waals surface area contributed by atoms with Crippen LogP contribution in [0.25, 0.3) is 0 Å². The molecule has 2 N–H and O–H groups in total. The molecule has 22 heavy (non-hydrogen) atoms. The first-order valence-corrected chi connectivity index (χ1v) is 7.60. The molecular weight excluding hydrogens is 302 g/mol. The highest BCUT2D eigenvalue weighted by atomic mass is 35.5. The van der Waals surface area contributed by atoms with Crippen molar-refractivity contribution in [3.8, 4) is 0 Å². The Morgan fingerprint density at radius 1 is 1.45 bits per heavy atom. The molecule has 2 aromatic rings. The minimum absolute atomic E-state index is 0.120. The summed E-state index contributed by atoms with van der Waals surface area (Å²) >= 11 is 5.93. The van der Waals surface area contributed by atoms with Crippen molar-refractivity contribution >= 4 is 17.5 Å². The minimum atomic E-state index is -0.380. The van der Waals surface area contributed by atoms with E-state index in [2.05, 4.69) is 15.5 Å². The van der Waals surface area contributed by atoms with Gasteiger partial charge in [-0.05, 0) is 37.5 Å². The van der Waals surface area contributed by atoms with Gasteiger partial charge in [-0.1, -0.05) is 23.7 Å². The van der Waals surface area contributed by atoms with Gasteiger partial charge in [0.1, 0.15) is 0 Å². The van der Waals surface area contributed by atoms with E-state index < -0.39 is 0 Å². The third-order valence-corrected chi connectivity index (χ3v) is 4.26. The van der Waals surface area contributed by atoms with Crippen molar-refractivity contribution in [2.24, 2.45) is 0 Å². The van der Waals surface area contributed by atoms with E-state index in [0.29, 0.717) is 30.2 Å². The van der Waals surface area contributed by atoms with Crippen LogP contribution in [0.2, 0.25) is 5.02 Å². The molecule has 0 saturated carbocycles. The number of benzene rings is 1. The fraction of sp³-hybridized carbons (Fsp3) is 0.375. The number of nitrogens with one attached hydrogen (secondary N) is 2. The van der Waals surface area contributed by atoms with Crippen LogP contribution in [-0.4, -0.2) is 34.9 Å². The fourth-order valence-electron chi connectivity index (χ4n) is 2.77. The standard InChI is InChI=1S/C16H18ClN3O2/c1-11-14(9-18-20-11)15(21)19-16(6-7-22-10-16)8-12-2-4-13(17)5-3-12/h2-5,9H,6-8,10H2,1H3,(H,18,20)(H,19,21). The van der Waals surface area contributed by atoms with E-state index >= 15 is 0 Å². The van der Waals surface area contributed by atoms with Gasteiger partial charge >= 0.3 is 0 Å². The predicted molar refractivity (Wildman–Crippen MR) is 84.1 cm³/mol. The van der Waals surface area contributed by atoms with Crippen LogP contribution in [-0.2, 0) is 11.2 Å². The van der Waals surface area contributed by atoms with Crippen LogP contribution in [0.15, 0.2) is 30.5 Å². The second-order valence-corrected chi connectivity index (χ2v) is 6.19. The molecule has 1 saturated heterocycles. The van der Waals surface area contributed by atoms with Gasteiger partial charge in [-0.2, -0.15) is 5.10 Å². The van der Waals surface area contributed by atoms with Gasteiger partial charge in [0, 0.05) is 17.3 Å². The molecular formula is C16H18ClN3O2. The number of hydrogen-bond donors (Lipinski definition) is 2. The van der Waals surface area contributed by atoms with E-state index in [0.717, 1.165) is 17.7 Å². The van der Waals surface area contributed by atoms with E-state index in [1.165, 1.54) is 0 Å². The Morgan fingerprint density at radius 3 is 2.82 bits per heavy atom. The number of amides is 1. The largest absolute Gasteiger partial charge is 0.379 e. The Morgan fingerprint density at radius 2 is 2.23 bits per heavy atom. The van der Waals surface area contributed by atoms with Crippen LogP contribution in [0.5, 0.6) is 0 Å². The third kappa shape index (κ3) is 3.15. The second-order valence-electron chi connectivity index (χ2n) is 5.75. The van der Waals surface area contributed by atoms with E-state index in [1.54, 1.807) is 6.20 Å². The van der Waals surface area contributed by atoms with Gasteiger partial charge in [0.2, 0.25) is 0 Å². The minimum Gasteiger partial charge on any atom is -0.379 e. The molecule has 0 spiro atoms. The number of hydrogen-bond acceptors (Lipinski definition) is 3. The molecule has 1 atom stereocenters. The predicted octanol–water partition coefficient (Wildman–Crippen LogP) is 2.50. The van der Waals surface area contributed by atoms with Gasteiger partial charge in [0.15, 0.2) is 0 Å². The number of ether oxygens (including phenoxy) is 1. The molecule has 1 aliphatic rings. The van der Waals surface area contributed by atoms with Crippen molar-refractivity contribution in [1.82, 2.24) is 15.5 Å². The monoisotopic (exact) mass is 319 g/mol. The lowest BCUT2D eigenvalue weighted by Crippen LogP contribution is -2.50. The number of aromatic amines is 1. The quantitative estimate of drug-likeness (QED) is 0.910. The van der Waals surface area contributed by atoms with E-state index in [9.17, 15) is 4.79 Å². The molecule has 0 aliphatic carbocycles. The lowest BCUT2D eigenvalue weighted by Gasteiger charge is -2.29. The highest BCUT2D eigenvalue weighted by Gasteiger charge is 2.37. The van der Waals surface area contributed by atoms with Gasteiger partial charge in [-0.15, -0.1) is 0 Å². The van der Waals surface area contributed by atoms with Gasteiger partial charge in [0.05, 0.1) is 23.9 Å². The molecule has 1 unspecified atom stereocenters. The number of aryl methyl sites for hydroxylation is 1. The highest BCUT2D eigenvalue weighted by molar-refractivity contribution is 6.30. The highest BCUT2D eigenvalue weighted by Crippen LogP contribution is 2.25. The molecule has 1 aromatic carbocycles. The third-order valence-electron chi connectivity index (χ3n) is 4.01. The first kappa shape index (κ1) is 15.1. The summed E-state index contributed by atoms with van der Waals surface area (Å²) in [5.74, 6) is -0.120. The Hall–Kier alpha value is -1.85. The normalized spacial score (nSPS) is 21.0. The topological polar surface area (TPSA) is 67.0 Å². The number of halogens is 1. The molecule has 1 amide bonds. The maximum Gasteiger partial charge on any atom is 0.255 e. The van der Waals surface area contributed by atoms with Gasteiger partial charge in [-0.3, -0.25) is 9.89 Å². The number of rotatable bonds is 4. The van der Waals surface area contributed by atoms with Gasteiger partial charge < -0.3 is 10.1 Å². The van der Waals surface area contributed by atoms with Crippen LogP contribution in [0, 0.1) is 6.92 Å². The number of H-pyrrole nitrogens is 1. The Bertz CT molecular complexity index is 660. The smallest absolute Gasteiger partial charge is 0.255 e. The lowest BCUT2D eigenvalue weighted by atomic mass is 9.89. The summed E-state index contributed by atoms with van der Waals surface area (Å²) in [7, 11) is 0. The summed E-state index contributed by atoms with van der Waals surface area (Å²) < 4.78 is 5.54. The van der Waals surface area contributed by atoms with E-state index in [1.807, 2.05) is 31.2 Å². The zero-order valence-electron chi connectivity index (χ0n) is 12.4. The maximum absolute atomic E-state index is 12.5. The first-order valence-electron chi connectivity index (χ1n) is 7.23. The van der Waals surface area contributed by atoms with Crippen molar-refractivity contribution in [3.05, 3.63) is 52.3 Å². The lowest BCUT2D eigenvalue weighted by molar-refractivity contribution is 0.0877. The summed E-state index contributed by atoms with van der Waals surface area (Å²) in [4.78, 5) is 12.5. The van der Waals surface area contributed by atoms with Gasteiger partial charge in [0.25, 0.3) is 5.91 Å². The Balaban J connectivity index is 1.78. The zero-order valence-corrected chi connectivity index (χ0v) is 13.1. The molecule has 1 fully saturated rings. The van der Waals surface area contributed by atoms with Crippen molar-refractivity contribution in [2.75, 3.05) is 13.2 Å². The van der Waals surface area contributed by atoms with Crippen molar-refractivity contribution in [3.63, 3.8) is 0 Å². The van der Waals surface area contributed by atoms with Crippen LogP contribution >= 0.6 is 11.6 Å². The number of aromatic nitrogens is 2. The van der Waals surface area contributed by atoms with Crippen LogP contribution in [0.3, 0.4) is 0 Å². The second kappa shape index (κ2) is 6.10. The molecule has 0 radical (unpaired) electrons. The van der Waals surface area contributed by atoms with Gasteiger partial charge in [-0.25, -0.2) is 0 Å². The van der Waals surface area contributed by atoms with Crippen molar-refractivity contribution < 1.29 is 9.53 Å². The molecule has 1 aromatic heterocycles. The molecule has 6 heteroatoms. The molecule has 116 valence electrons. The molecule has 5 nitrogen and oxygen atoms in total. The number of carbonyl (C=O) groups excluding carboxylic acids is 1. The summed E-state index contributed by atoms with van der Waals surface area (Å²) in [6.07, 6.45) is 3.06. The van der Waals surface area contributed by atoms with Crippen molar-refractivity contribution in [2.45, 2.75) is 25.3 Å². The van der Waals surface area contributed by atoms with E-state index in [-0.39, 0.29) is 11.4 Å². The summed E-state index contributed by atoms with van der Waals surface area (Å²) in [6.45, 7) is 3.00. The SMILES string of the molecule is Cc1[nH]ncc1C(=O)NC1(Cc2ccc(Cl)cc2)CCOC1. The van der Waals surface area contributed by atoms with Crippen molar-refractivity contribution in [1.29, 1.82) is 0 Å². The van der Waals surface area contributed by atoms with Crippen LogP contribution in [0.1, 0.15) is 28.0 Å².